The number of primary amides is 1. The van der Waals surface area contributed by atoms with Crippen LogP contribution in [-0.2, 0) is 4.79 Å². The Morgan fingerprint density at radius 2 is 1.74 bits per heavy atom. The number of fused-ring (bicyclic) bond motifs is 1. The molecule has 0 saturated heterocycles. The molecular weight excluding hydrogens is 464 g/mol. The fourth-order valence-corrected chi connectivity index (χ4v) is 5.23. The fraction of sp³-hybridized carbons (Fsp3) is 0.478. The number of hydrogen-bond donors (Lipinski definition) is 3. The zero-order valence-electron chi connectivity index (χ0n) is 18.5. The van der Waals surface area contributed by atoms with Crippen molar-refractivity contribution in [2.75, 3.05) is 10.6 Å². The summed E-state index contributed by atoms with van der Waals surface area (Å²) in [5.74, 6) is -1.37. The third-order valence-electron chi connectivity index (χ3n) is 6.83. The predicted octanol–water partition coefficient (Wildman–Crippen LogP) is 5.07. The zero-order chi connectivity index (χ0) is 23.8. The van der Waals surface area contributed by atoms with Gasteiger partial charge in [0.1, 0.15) is 11.2 Å². The second-order valence-corrected chi connectivity index (χ2v) is 9.55. The molecule has 8 nitrogen and oxygen atoms in total. The number of hydrogen-bond acceptors (Lipinski definition) is 6. The maximum absolute atomic E-state index is 14.5. The molecular formula is C23H26ClF2N7O. The number of carbonyl (C=O) groups is 1. The maximum Gasteiger partial charge on any atom is 0.224 e. The van der Waals surface area contributed by atoms with E-state index in [0.717, 1.165) is 25.0 Å². The van der Waals surface area contributed by atoms with E-state index in [1.807, 2.05) is 4.57 Å². The van der Waals surface area contributed by atoms with Gasteiger partial charge in [-0.1, -0.05) is 24.4 Å². The van der Waals surface area contributed by atoms with Crippen LogP contribution in [0.1, 0.15) is 57.4 Å². The van der Waals surface area contributed by atoms with E-state index in [2.05, 4.69) is 20.6 Å². The van der Waals surface area contributed by atoms with Gasteiger partial charge in [-0.3, -0.25) is 9.36 Å². The number of rotatable bonds is 6. The van der Waals surface area contributed by atoms with Crippen LogP contribution < -0.4 is 16.4 Å². The average Bonchev–Trinajstić information content (AvgIpc) is 3.43. The Hall–Kier alpha value is -3.01. The van der Waals surface area contributed by atoms with E-state index in [9.17, 15) is 13.6 Å². The first-order valence-corrected chi connectivity index (χ1v) is 12.0. The zero-order valence-corrected chi connectivity index (χ0v) is 19.3. The van der Waals surface area contributed by atoms with Gasteiger partial charge in [-0.05, 0) is 50.7 Å². The standard InChI is InChI=1S/C23H26ClF2N7O/c24-13-9-16(25)19(17(26)10-13)31-23-30-18-11-28-22(29-14-3-1-2-4-14)32-21(18)33(23)15-7-5-12(6-8-15)20(27)34/h9-12,14-15H,1-8H2,(H2,27,34)(H,30,31)(H,28,29,32). The molecule has 3 aromatic rings. The van der Waals surface area contributed by atoms with E-state index in [4.69, 9.17) is 22.3 Å². The lowest BCUT2D eigenvalue weighted by molar-refractivity contribution is -0.122. The van der Waals surface area contributed by atoms with Crippen LogP contribution in [0, 0.1) is 17.6 Å². The third kappa shape index (κ3) is 4.51. The van der Waals surface area contributed by atoms with Crippen molar-refractivity contribution < 1.29 is 13.6 Å². The molecule has 11 heteroatoms. The second-order valence-electron chi connectivity index (χ2n) is 9.11. The molecule has 2 aromatic heterocycles. The summed E-state index contributed by atoms with van der Waals surface area (Å²) in [6, 6.07) is 2.34. The van der Waals surface area contributed by atoms with Crippen LogP contribution in [0.2, 0.25) is 5.02 Å². The van der Waals surface area contributed by atoms with E-state index >= 15 is 0 Å². The van der Waals surface area contributed by atoms with Gasteiger partial charge in [0.05, 0.1) is 6.20 Å². The smallest absolute Gasteiger partial charge is 0.224 e. The lowest BCUT2D eigenvalue weighted by atomic mass is 9.85. The molecule has 5 rings (SSSR count). The highest BCUT2D eigenvalue weighted by Crippen LogP contribution is 2.38. The molecule has 0 radical (unpaired) electrons. The lowest BCUT2D eigenvalue weighted by Crippen LogP contribution is -2.29. The van der Waals surface area contributed by atoms with E-state index in [0.29, 0.717) is 48.8 Å². The number of imidazole rings is 1. The molecule has 1 amide bonds. The van der Waals surface area contributed by atoms with Crippen molar-refractivity contribution in [2.45, 2.75) is 63.5 Å². The third-order valence-corrected chi connectivity index (χ3v) is 7.05. The van der Waals surface area contributed by atoms with E-state index in [1.165, 1.54) is 12.8 Å². The fourth-order valence-electron chi connectivity index (χ4n) is 5.04. The number of anilines is 3. The molecule has 0 atom stereocenters. The van der Waals surface area contributed by atoms with Crippen LogP contribution in [0.5, 0.6) is 0 Å². The number of nitrogens with zero attached hydrogens (tertiary/aromatic N) is 4. The number of halogens is 3. The minimum atomic E-state index is -0.823. The first kappa shape index (κ1) is 22.8. The molecule has 34 heavy (non-hydrogen) atoms. The highest BCUT2D eigenvalue weighted by atomic mass is 35.5. The van der Waals surface area contributed by atoms with Crippen molar-refractivity contribution in [3.05, 3.63) is 35.0 Å². The summed E-state index contributed by atoms with van der Waals surface area (Å²) in [5, 5.41) is 6.17. The van der Waals surface area contributed by atoms with Crippen molar-refractivity contribution in [3.8, 4) is 0 Å². The van der Waals surface area contributed by atoms with E-state index < -0.39 is 11.6 Å². The predicted molar refractivity (Wildman–Crippen MR) is 126 cm³/mol. The van der Waals surface area contributed by atoms with Crippen LogP contribution >= 0.6 is 11.6 Å². The molecule has 0 spiro atoms. The molecule has 0 bridgehead atoms. The van der Waals surface area contributed by atoms with Crippen LogP contribution in [0.15, 0.2) is 18.3 Å². The molecule has 2 fully saturated rings. The topological polar surface area (TPSA) is 111 Å². The van der Waals surface area contributed by atoms with Crippen molar-refractivity contribution in [1.82, 2.24) is 19.5 Å². The molecule has 4 N–H and O–H groups in total. The van der Waals surface area contributed by atoms with Crippen LogP contribution in [0.4, 0.5) is 26.4 Å². The van der Waals surface area contributed by atoms with Crippen molar-refractivity contribution >= 4 is 46.3 Å². The molecule has 0 aliphatic heterocycles. The number of carbonyl (C=O) groups excluding carboxylic acids is 1. The van der Waals surface area contributed by atoms with Gasteiger partial charge in [0, 0.05) is 23.0 Å². The first-order valence-electron chi connectivity index (χ1n) is 11.6. The molecule has 2 heterocycles. The molecule has 1 aromatic carbocycles. The summed E-state index contributed by atoms with van der Waals surface area (Å²) >= 11 is 5.78. The average molecular weight is 490 g/mol. The van der Waals surface area contributed by atoms with Crippen molar-refractivity contribution in [2.24, 2.45) is 11.7 Å². The quantitative estimate of drug-likeness (QED) is 0.445. The van der Waals surface area contributed by atoms with Crippen molar-refractivity contribution in [1.29, 1.82) is 0 Å². The normalized spacial score (nSPS) is 21.1. The van der Waals surface area contributed by atoms with Gasteiger partial charge in [0.15, 0.2) is 17.3 Å². The Kier molecular flexibility index (Phi) is 6.24. The maximum atomic E-state index is 14.5. The SMILES string of the molecule is NC(=O)C1CCC(n2c(Nc3c(F)cc(Cl)cc3F)nc3cnc(NC4CCCC4)nc32)CC1. The molecule has 2 aliphatic carbocycles. The summed E-state index contributed by atoms with van der Waals surface area (Å²) < 4.78 is 31.0. The monoisotopic (exact) mass is 489 g/mol. The van der Waals surface area contributed by atoms with Gasteiger partial charge in [0.25, 0.3) is 0 Å². The van der Waals surface area contributed by atoms with Crippen LogP contribution in [0.3, 0.4) is 0 Å². The van der Waals surface area contributed by atoms with E-state index in [1.54, 1.807) is 6.20 Å². The summed E-state index contributed by atoms with van der Waals surface area (Å²) in [6.45, 7) is 0. The van der Waals surface area contributed by atoms with Crippen LogP contribution in [-0.4, -0.2) is 31.5 Å². The number of nitrogens with two attached hydrogens (primary N) is 1. The summed E-state index contributed by atoms with van der Waals surface area (Å²) in [6.07, 6.45) is 8.68. The van der Waals surface area contributed by atoms with Gasteiger partial charge >= 0.3 is 0 Å². The number of benzene rings is 1. The number of aromatic nitrogens is 4. The highest BCUT2D eigenvalue weighted by Gasteiger charge is 2.30. The number of amides is 1. The second kappa shape index (κ2) is 9.32. The van der Waals surface area contributed by atoms with Gasteiger partial charge < -0.3 is 16.4 Å². The summed E-state index contributed by atoms with van der Waals surface area (Å²) in [5.41, 5.74) is 6.23. The highest BCUT2D eigenvalue weighted by molar-refractivity contribution is 6.30. The molecule has 2 saturated carbocycles. The van der Waals surface area contributed by atoms with Gasteiger partial charge in [0.2, 0.25) is 17.8 Å². The minimum absolute atomic E-state index is 0.0349. The largest absolute Gasteiger partial charge is 0.369 e. The van der Waals surface area contributed by atoms with Gasteiger partial charge in [-0.2, -0.15) is 4.98 Å². The van der Waals surface area contributed by atoms with E-state index in [-0.39, 0.29) is 34.5 Å². The summed E-state index contributed by atoms with van der Waals surface area (Å²) in [4.78, 5) is 25.3. The Morgan fingerprint density at radius 3 is 2.38 bits per heavy atom. The summed E-state index contributed by atoms with van der Waals surface area (Å²) in [7, 11) is 0. The minimum Gasteiger partial charge on any atom is -0.369 e. The van der Waals surface area contributed by atoms with Crippen LogP contribution in [0.25, 0.3) is 11.2 Å². The molecule has 180 valence electrons. The molecule has 0 unspecified atom stereocenters. The van der Waals surface area contributed by atoms with Gasteiger partial charge in [-0.25, -0.2) is 18.7 Å². The molecule has 2 aliphatic rings. The Morgan fingerprint density at radius 1 is 1.06 bits per heavy atom. The Labute approximate surface area is 200 Å². The number of nitrogens with one attached hydrogen (secondary N) is 2. The lowest BCUT2D eigenvalue weighted by Gasteiger charge is -2.29. The first-order chi connectivity index (χ1) is 16.4. The Balaban J connectivity index is 1.54. The Bertz CT molecular complexity index is 1200. The van der Waals surface area contributed by atoms with Crippen molar-refractivity contribution in [3.63, 3.8) is 0 Å². The van der Waals surface area contributed by atoms with Gasteiger partial charge in [-0.15, -0.1) is 0 Å².